The van der Waals surface area contributed by atoms with E-state index in [1.165, 1.54) is 25.7 Å². The van der Waals surface area contributed by atoms with Crippen molar-refractivity contribution in [2.75, 3.05) is 13.7 Å². The van der Waals surface area contributed by atoms with Crippen molar-refractivity contribution in [1.82, 2.24) is 5.32 Å². The van der Waals surface area contributed by atoms with Gasteiger partial charge in [0.2, 0.25) is 0 Å². The van der Waals surface area contributed by atoms with Crippen molar-refractivity contribution in [3.8, 4) is 5.75 Å². The van der Waals surface area contributed by atoms with Gasteiger partial charge in [-0.05, 0) is 37.6 Å². The Morgan fingerprint density at radius 1 is 1.04 bits per heavy atom. The number of hydrogen-bond acceptors (Lipinski definition) is 4. The van der Waals surface area contributed by atoms with Crippen LogP contribution in [0.2, 0.25) is 0 Å². The van der Waals surface area contributed by atoms with Gasteiger partial charge < -0.3 is 14.8 Å². The molecule has 0 spiro atoms. The first-order valence-electron chi connectivity index (χ1n) is 8.70. The maximum absolute atomic E-state index is 12.1. The van der Waals surface area contributed by atoms with E-state index in [9.17, 15) is 9.59 Å². The van der Waals surface area contributed by atoms with Crippen LogP contribution >= 0.6 is 0 Å². The molecule has 0 aliphatic heterocycles. The number of ether oxygens (including phenoxy) is 2. The molecule has 1 atom stereocenters. The zero-order valence-corrected chi connectivity index (χ0v) is 15.0. The highest BCUT2D eigenvalue weighted by atomic mass is 16.5. The van der Waals surface area contributed by atoms with Crippen molar-refractivity contribution in [3.05, 3.63) is 29.8 Å². The van der Waals surface area contributed by atoms with E-state index in [-0.39, 0.29) is 5.91 Å². The highest BCUT2D eigenvalue weighted by Crippen LogP contribution is 2.11. The van der Waals surface area contributed by atoms with Gasteiger partial charge in [-0.1, -0.05) is 39.0 Å². The zero-order valence-electron chi connectivity index (χ0n) is 15.0. The van der Waals surface area contributed by atoms with Gasteiger partial charge in [0, 0.05) is 5.56 Å². The summed E-state index contributed by atoms with van der Waals surface area (Å²) in [7, 11) is 1.57. The zero-order chi connectivity index (χ0) is 17.8. The number of rotatable bonds is 11. The topological polar surface area (TPSA) is 64.6 Å². The molecule has 1 N–H and O–H groups in total. The summed E-state index contributed by atoms with van der Waals surface area (Å²) in [5.41, 5.74) is 0.478. The predicted octanol–water partition coefficient (Wildman–Crippen LogP) is 3.72. The fraction of sp³-hybridized carbons (Fsp3) is 0.579. The van der Waals surface area contributed by atoms with Crippen LogP contribution in [0.25, 0.3) is 0 Å². The van der Waals surface area contributed by atoms with Gasteiger partial charge in [-0.15, -0.1) is 0 Å². The highest BCUT2D eigenvalue weighted by Gasteiger charge is 2.17. The van der Waals surface area contributed by atoms with E-state index in [4.69, 9.17) is 9.47 Å². The first kappa shape index (κ1) is 20.0. The molecule has 134 valence electrons. The largest absolute Gasteiger partial charge is 0.497 e. The van der Waals surface area contributed by atoms with Crippen molar-refractivity contribution in [2.45, 2.75) is 58.4 Å². The summed E-state index contributed by atoms with van der Waals surface area (Å²) in [5.74, 6) is -0.0231. The van der Waals surface area contributed by atoms with Gasteiger partial charge >= 0.3 is 5.97 Å². The molecule has 0 saturated carbocycles. The van der Waals surface area contributed by atoms with Crippen LogP contribution in [0.3, 0.4) is 0 Å². The van der Waals surface area contributed by atoms with Gasteiger partial charge in [0.05, 0.1) is 13.7 Å². The number of benzene rings is 1. The molecule has 0 radical (unpaired) electrons. The minimum atomic E-state index is -0.667. The summed E-state index contributed by atoms with van der Waals surface area (Å²) in [6.45, 7) is 4.22. The SMILES string of the molecule is CCCCCCCCOC(=O)C(C)NC(=O)c1ccc(OC)cc1. The quantitative estimate of drug-likeness (QED) is 0.494. The molecule has 1 rings (SSSR count). The third-order valence-corrected chi connectivity index (χ3v) is 3.80. The Morgan fingerprint density at radius 3 is 2.29 bits per heavy atom. The van der Waals surface area contributed by atoms with Gasteiger partial charge in [-0.3, -0.25) is 4.79 Å². The van der Waals surface area contributed by atoms with Crippen molar-refractivity contribution in [1.29, 1.82) is 0 Å². The van der Waals surface area contributed by atoms with E-state index >= 15 is 0 Å². The average Bonchev–Trinajstić information content (AvgIpc) is 2.60. The second-order valence-electron chi connectivity index (χ2n) is 5.86. The normalized spacial score (nSPS) is 11.6. The van der Waals surface area contributed by atoms with E-state index < -0.39 is 12.0 Å². The van der Waals surface area contributed by atoms with Crippen LogP contribution < -0.4 is 10.1 Å². The van der Waals surface area contributed by atoms with Crippen LogP contribution in [-0.2, 0) is 9.53 Å². The maximum Gasteiger partial charge on any atom is 0.328 e. The molecule has 1 aromatic carbocycles. The van der Waals surface area contributed by atoms with Crippen molar-refractivity contribution < 1.29 is 19.1 Å². The van der Waals surface area contributed by atoms with E-state index in [1.54, 1.807) is 38.3 Å². The third kappa shape index (κ3) is 7.49. The molecule has 24 heavy (non-hydrogen) atoms. The van der Waals surface area contributed by atoms with Crippen molar-refractivity contribution in [2.24, 2.45) is 0 Å². The average molecular weight is 335 g/mol. The van der Waals surface area contributed by atoms with Crippen LogP contribution in [0.15, 0.2) is 24.3 Å². The van der Waals surface area contributed by atoms with E-state index in [2.05, 4.69) is 12.2 Å². The Hall–Kier alpha value is -2.04. The van der Waals surface area contributed by atoms with E-state index in [1.807, 2.05) is 0 Å². The molecule has 0 aromatic heterocycles. The second-order valence-corrected chi connectivity index (χ2v) is 5.86. The number of nitrogens with one attached hydrogen (secondary N) is 1. The monoisotopic (exact) mass is 335 g/mol. The molecular formula is C19H29NO4. The second kappa shape index (κ2) is 11.5. The molecule has 0 fully saturated rings. The Kier molecular flexibility index (Phi) is 9.58. The molecule has 1 unspecified atom stereocenters. The number of unbranched alkanes of at least 4 members (excludes halogenated alkanes) is 5. The maximum atomic E-state index is 12.1. The standard InChI is InChI=1S/C19H29NO4/c1-4-5-6-7-8-9-14-24-19(22)15(2)20-18(21)16-10-12-17(23-3)13-11-16/h10-13,15H,4-9,14H2,1-3H3,(H,20,21). The number of carbonyl (C=O) groups is 2. The first-order chi connectivity index (χ1) is 11.6. The smallest absolute Gasteiger partial charge is 0.328 e. The summed E-state index contributed by atoms with van der Waals surface area (Å²) >= 11 is 0. The first-order valence-corrected chi connectivity index (χ1v) is 8.70. The summed E-state index contributed by atoms with van der Waals surface area (Å²) in [5, 5.41) is 2.65. The van der Waals surface area contributed by atoms with Crippen molar-refractivity contribution in [3.63, 3.8) is 0 Å². The molecule has 1 amide bonds. The highest BCUT2D eigenvalue weighted by molar-refractivity contribution is 5.96. The molecule has 5 nitrogen and oxygen atoms in total. The fourth-order valence-corrected chi connectivity index (χ4v) is 2.26. The number of amides is 1. The predicted molar refractivity (Wildman–Crippen MR) is 94.3 cm³/mol. The van der Waals surface area contributed by atoms with Gasteiger partial charge in [0.25, 0.3) is 5.91 Å². The molecule has 0 heterocycles. The Labute approximate surface area is 144 Å². The Morgan fingerprint density at radius 2 is 1.67 bits per heavy atom. The summed E-state index contributed by atoms with van der Waals surface area (Å²) < 4.78 is 10.3. The molecule has 0 aliphatic carbocycles. The Balaban J connectivity index is 2.26. The molecule has 1 aromatic rings. The summed E-state index contributed by atoms with van der Waals surface area (Å²) in [4.78, 5) is 24.0. The number of hydrogen-bond donors (Lipinski definition) is 1. The Bertz CT molecular complexity index is 499. The lowest BCUT2D eigenvalue weighted by Gasteiger charge is -2.13. The molecule has 5 heteroatoms. The fourth-order valence-electron chi connectivity index (χ4n) is 2.26. The van der Waals surface area contributed by atoms with Gasteiger partial charge in [-0.2, -0.15) is 0 Å². The van der Waals surface area contributed by atoms with Crippen LogP contribution in [0.5, 0.6) is 5.75 Å². The lowest BCUT2D eigenvalue weighted by Crippen LogP contribution is -2.39. The molecule has 0 aliphatic rings. The van der Waals surface area contributed by atoms with Crippen molar-refractivity contribution >= 4 is 11.9 Å². The van der Waals surface area contributed by atoms with Gasteiger partial charge in [0.15, 0.2) is 0 Å². The number of esters is 1. The third-order valence-electron chi connectivity index (χ3n) is 3.80. The summed E-state index contributed by atoms with van der Waals surface area (Å²) in [6.07, 6.45) is 6.83. The lowest BCUT2D eigenvalue weighted by atomic mass is 10.1. The van der Waals surface area contributed by atoms with E-state index in [0.29, 0.717) is 17.9 Å². The van der Waals surface area contributed by atoms with Gasteiger partial charge in [-0.25, -0.2) is 4.79 Å². The van der Waals surface area contributed by atoms with Gasteiger partial charge in [0.1, 0.15) is 11.8 Å². The van der Waals surface area contributed by atoms with Crippen LogP contribution in [-0.4, -0.2) is 31.6 Å². The van der Waals surface area contributed by atoms with Crippen LogP contribution in [0.4, 0.5) is 0 Å². The number of carbonyl (C=O) groups excluding carboxylic acids is 2. The lowest BCUT2D eigenvalue weighted by molar-refractivity contribution is -0.145. The molecular weight excluding hydrogens is 306 g/mol. The van der Waals surface area contributed by atoms with E-state index in [0.717, 1.165) is 12.8 Å². The molecule has 0 saturated heterocycles. The van der Waals surface area contributed by atoms with Crippen LogP contribution in [0.1, 0.15) is 62.7 Å². The number of methoxy groups -OCH3 is 1. The summed E-state index contributed by atoms with van der Waals surface area (Å²) in [6, 6.07) is 6.05. The minimum Gasteiger partial charge on any atom is -0.497 e. The molecule has 0 bridgehead atoms. The minimum absolute atomic E-state index is 0.304. The van der Waals surface area contributed by atoms with Crippen LogP contribution in [0, 0.1) is 0 Å².